The van der Waals surface area contributed by atoms with Crippen molar-refractivity contribution in [2.45, 2.75) is 25.0 Å². The van der Waals surface area contributed by atoms with Crippen molar-refractivity contribution in [2.24, 2.45) is 0 Å². The fraction of sp³-hybridized carbons (Fsp3) is 0.375. The van der Waals surface area contributed by atoms with Crippen molar-refractivity contribution in [3.63, 3.8) is 0 Å². The topological polar surface area (TPSA) is 36.6 Å². The van der Waals surface area contributed by atoms with E-state index in [1.54, 1.807) is 6.26 Å². The number of benzene rings is 1. The van der Waals surface area contributed by atoms with Gasteiger partial charge in [0.2, 0.25) is 0 Å². The number of hydrogen-bond acceptors (Lipinski definition) is 3. The minimum atomic E-state index is -0.893. The average molecular weight is 336 g/mol. The van der Waals surface area contributed by atoms with Crippen molar-refractivity contribution in [3.05, 3.63) is 58.5 Å². The zero-order chi connectivity index (χ0) is 14.0. The van der Waals surface area contributed by atoms with Gasteiger partial charge in [0.25, 0.3) is 0 Å². The fourth-order valence-corrected chi connectivity index (χ4v) is 3.48. The van der Waals surface area contributed by atoms with E-state index in [4.69, 9.17) is 4.42 Å². The Labute approximate surface area is 127 Å². The molecule has 0 saturated carbocycles. The predicted octanol–water partition coefficient (Wildman–Crippen LogP) is 3.53. The maximum absolute atomic E-state index is 10.9. The van der Waals surface area contributed by atoms with Crippen molar-refractivity contribution in [1.82, 2.24) is 4.90 Å². The Hall–Kier alpha value is -1.10. The third-order valence-corrected chi connectivity index (χ3v) is 4.46. The zero-order valence-electron chi connectivity index (χ0n) is 11.3. The van der Waals surface area contributed by atoms with Crippen LogP contribution in [0.1, 0.15) is 24.2 Å². The van der Waals surface area contributed by atoms with Crippen molar-refractivity contribution >= 4 is 15.9 Å². The molecule has 20 heavy (non-hydrogen) atoms. The quantitative estimate of drug-likeness (QED) is 0.932. The summed E-state index contributed by atoms with van der Waals surface area (Å²) in [6, 6.07) is 12.2. The molecule has 1 aliphatic rings. The highest BCUT2D eigenvalue weighted by atomic mass is 79.9. The molecule has 0 radical (unpaired) electrons. The number of piperidine rings is 1. The summed E-state index contributed by atoms with van der Waals surface area (Å²) >= 11 is 3.45. The first-order valence-electron chi connectivity index (χ1n) is 6.89. The normalized spacial score (nSPS) is 23.9. The lowest BCUT2D eigenvalue weighted by atomic mass is 9.90. The number of furan rings is 1. The van der Waals surface area contributed by atoms with Gasteiger partial charge in [-0.15, -0.1) is 0 Å². The predicted molar refractivity (Wildman–Crippen MR) is 81.3 cm³/mol. The molecule has 0 amide bonds. The van der Waals surface area contributed by atoms with Crippen molar-refractivity contribution < 1.29 is 9.52 Å². The van der Waals surface area contributed by atoms with Crippen LogP contribution in [0.25, 0.3) is 0 Å². The summed E-state index contributed by atoms with van der Waals surface area (Å²) in [5.41, 5.74) is 0.380. The van der Waals surface area contributed by atoms with E-state index in [1.807, 2.05) is 12.1 Å². The van der Waals surface area contributed by atoms with Crippen LogP contribution in [0.2, 0.25) is 0 Å². The molecule has 106 valence electrons. The van der Waals surface area contributed by atoms with Crippen molar-refractivity contribution in [2.75, 3.05) is 13.1 Å². The standard InChI is InChI=1S/C16H18BrNO2/c17-14-7-10-20-15(14)16(19)8-4-9-18(12-16)11-13-5-2-1-3-6-13/h1-3,5-7,10,19H,4,8-9,11-12H2. The summed E-state index contributed by atoms with van der Waals surface area (Å²) in [5.74, 6) is 0.648. The van der Waals surface area contributed by atoms with Crippen LogP contribution in [0.15, 0.2) is 51.6 Å². The van der Waals surface area contributed by atoms with E-state index in [2.05, 4.69) is 45.1 Å². The fourth-order valence-electron chi connectivity index (χ4n) is 2.91. The second-order valence-electron chi connectivity index (χ2n) is 5.43. The van der Waals surface area contributed by atoms with Crippen molar-refractivity contribution in [1.29, 1.82) is 0 Å². The molecular weight excluding hydrogens is 318 g/mol. The van der Waals surface area contributed by atoms with E-state index in [-0.39, 0.29) is 0 Å². The van der Waals surface area contributed by atoms with E-state index in [0.29, 0.717) is 12.3 Å². The Kier molecular flexibility index (Phi) is 3.96. The van der Waals surface area contributed by atoms with Gasteiger partial charge in [-0.05, 0) is 46.9 Å². The first kappa shape index (κ1) is 13.9. The lowest BCUT2D eigenvalue weighted by Crippen LogP contribution is -2.45. The number of hydrogen-bond donors (Lipinski definition) is 1. The van der Waals surface area contributed by atoms with E-state index in [0.717, 1.165) is 30.4 Å². The zero-order valence-corrected chi connectivity index (χ0v) is 12.8. The third kappa shape index (κ3) is 2.82. The summed E-state index contributed by atoms with van der Waals surface area (Å²) in [4.78, 5) is 2.29. The first-order chi connectivity index (χ1) is 9.67. The number of likely N-dealkylation sites (tertiary alicyclic amines) is 1. The van der Waals surface area contributed by atoms with Gasteiger partial charge in [0.1, 0.15) is 5.60 Å². The van der Waals surface area contributed by atoms with E-state index in [1.165, 1.54) is 5.56 Å². The summed E-state index contributed by atoms with van der Waals surface area (Å²) < 4.78 is 6.33. The molecule has 0 spiro atoms. The molecule has 1 saturated heterocycles. The lowest BCUT2D eigenvalue weighted by Gasteiger charge is -2.38. The summed E-state index contributed by atoms with van der Waals surface area (Å²) in [7, 11) is 0. The van der Waals surface area contributed by atoms with Crippen LogP contribution in [0, 0.1) is 0 Å². The van der Waals surface area contributed by atoms with Gasteiger partial charge in [-0.25, -0.2) is 0 Å². The monoisotopic (exact) mass is 335 g/mol. The molecule has 1 unspecified atom stereocenters. The summed E-state index contributed by atoms with van der Waals surface area (Å²) in [6.45, 7) is 2.48. The van der Waals surface area contributed by atoms with Crippen LogP contribution < -0.4 is 0 Å². The van der Waals surface area contributed by atoms with Gasteiger partial charge < -0.3 is 9.52 Å². The second kappa shape index (κ2) is 5.72. The smallest absolute Gasteiger partial charge is 0.150 e. The summed E-state index contributed by atoms with van der Waals surface area (Å²) in [5, 5.41) is 10.9. The number of aliphatic hydroxyl groups is 1. The molecule has 1 atom stereocenters. The Bertz CT molecular complexity index is 569. The molecule has 1 aromatic carbocycles. The molecule has 1 aromatic heterocycles. The average Bonchev–Trinajstić information content (AvgIpc) is 2.87. The lowest BCUT2D eigenvalue weighted by molar-refractivity contribution is -0.0539. The third-order valence-electron chi connectivity index (χ3n) is 3.84. The van der Waals surface area contributed by atoms with Crippen LogP contribution in [0.4, 0.5) is 0 Å². The Morgan fingerprint density at radius 1 is 1.25 bits per heavy atom. The van der Waals surface area contributed by atoms with Gasteiger partial charge >= 0.3 is 0 Å². The minimum absolute atomic E-state index is 0.605. The SMILES string of the molecule is OC1(c2occc2Br)CCCN(Cc2ccccc2)C1. The maximum atomic E-state index is 10.9. The van der Waals surface area contributed by atoms with Crippen LogP contribution >= 0.6 is 15.9 Å². The highest BCUT2D eigenvalue weighted by molar-refractivity contribution is 9.10. The Balaban J connectivity index is 1.75. The maximum Gasteiger partial charge on any atom is 0.150 e. The minimum Gasteiger partial charge on any atom is -0.465 e. The largest absolute Gasteiger partial charge is 0.465 e. The highest BCUT2D eigenvalue weighted by Gasteiger charge is 2.38. The molecule has 3 rings (SSSR count). The molecule has 2 aromatic rings. The number of rotatable bonds is 3. The number of halogens is 1. The molecule has 4 heteroatoms. The molecule has 1 N–H and O–H groups in total. The van der Waals surface area contributed by atoms with E-state index < -0.39 is 5.60 Å². The van der Waals surface area contributed by atoms with E-state index >= 15 is 0 Å². The molecule has 1 fully saturated rings. The van der Waals surface area contributed by atoms with Gasteiger partial charge in [-0.1, -0.05) is 30.3 Å². The highest BCUT2D eigenvalue weighted by Crippen LogP contribution is 2.36. The van der Waals surface area contributed by atoms with E-state index in [9.17, 15) is 5.11 Å². The molecule has 0 bridgehead atoms. The molecule has 3 nitrogen and oxygen atoms in total. The summed E-state index contributed by atoms with van der Waals surface area (Å²) in [6.07, 6.45) is 3.33. The van der Waals surface area contributed by atoms with Crippen LogP contribution in [-0.4, -0.2) is 23.1 Å². The second-order valence-corrected chi connectivity index (χ2v) is 6.28. The number of β-amino-alcohol motifs (C(OH)–C–C–N with tert-alkyl or cyclic N) is 1. The van der Waals surface area contributed by atoms with Gasteiger partial charge in [-0.3, -0.25) is 4.90 Å². The van der Waals surface area contributed by atoms with Gasteiger partial charge in [0.15, 0.2) is 5.76 Å². The number of nitrogens with zero attached hydrogens (tertiary/aromatic N) is 1. The van der Waals surface area contributed by atoms with Gasteiger partial charge in [-0.2, -0.15) is 0 Å². The molecule has 2 heterocycles. The molecule has 1 aliphatic heterocycles. The molecular formula is C16H18BrNO2. The van der Waals surface area contributed by atoms with Crippen LogP contribution in [0.5, 0.6) is 0 Å². The first-order valence-corrected chi connectivity index (χ1v) is 7.69. The van der Waals surface area contributed by atoms with Crippen LogP contribution in [0.3, 0.4) is 0 Å². The van der Waals surface area contributed by atoms with Gasteiger partial charge in [0.05, 0.1) is 10.7 Å². The molecule has 0 aliphatic carbocycles. The Morgan fingerprint density at radius 2 is 2.05 bits per heavy atom. The van der Waals surface area contributed by atoms with Gasteiger partial charge in [0, 0.05) is 13.1 Å². The van der Waals surface area contributed by atoms with Crippen molar-refractivity contribution in [3.8, 4) is 0 Å². The Morgan fingerprint density at radius 3 is 2.75 bits per heavy atom. The van der Waals surface area contributed by atoms with Crippen LogP contribution in [-0.2, 0) is 12.1 Å².